The molecule has 0 aromatic heterocycles. The minimum Gasteiger partial charge on any atom is -0.410 e. The summed E-state index contributed by atoms with van der Waals surface area (Å²) in [5.41, 5.74) is 3.43. The fraction of sp³-hybridized carbons (Fsp3) is 0.647. The maximum absolute atomic E-state index is 6.48. The van der Waals surface area contributed by atoms with E-state index in [-0.39, 0.29) is 11.1 Å². The van der Waals surface area contributed by atoms with Gasteiger partial charge in [0.1, 0.15) is 8.07 Å². The normalized spacial score (nSPS) is 15.3. The molecular weight excluding hydrogens is 356 g/mol. The highest BCUT2D eigenvalue weighted by atomic mass is 79.9. The van der Waals surface area contributed by atoms with Gasteiger partial charge in [0.15, 0.2) is 8.32 Å². The fourth-order valence-electron chi connectivity index (χ4n) is 1.35. The van der Waals surface area contributed by atoms with Crippen LogP contribution in [0.3, 0.4) is 0 Å². The number of halogens is 1. The zero-order valence-electron chi connectivity index (χ0n) is 14.9. The van der Waals surface area contributed by atoms with Gasteiger partial charge in [-0.1, -0.05) is 74.6 Å². The summed E-state index contributed by atoms with van der Waals surface area (Å²) < 4.78 is 6.48. The standard InChI is InChI=1S/C17H31BrOSi2/c1-17(2,3)21(7,8)19-16(12-9-10-14-18)13-11-15-20(4,5)6/h9-10,12,14,16H,13H2,1-8H3/t16-/m0/s1. The molecule has 0 rings (SSSR count). The van der Waals surface area contributed by atoms with Gasteiger partial charge in [-0.3, -0.25) is 0 Å². The Morgan fingerprint density at radius 1 is 1.10 bits per heavy atom. The van der Waals surface area contributed by atoms with Crippen LogP contribution < -0.4 is 0 Å². The molecule has 0 aliphatic carbocycles. The first-order valence-corrected chi connectivity index (χ1v) is 14.8. The molecule has 0 aromatic carbocycles. The second-order valence-corrected chi connectivity index (χ2v) is 17.9. The summed E-state index contributed by atoms with van der Waals surface area (Å²) in [4.78, 5) is 1.85. The lowest BCUT2D eigenvalue weighted by molar-refractivity contribution is 0.230. The molecule has 0 aliphatic rings. The Kier molecular flexibility index (Phi) is 8.49. The lowest BCUT2D eigenvalue weighted by Crippen LogP contribution is -2.43. The van der Waals surface area contributed by atoms with Crippen LogP contribution in [-0.4, -0.2) is 22.5 Å². The zero-order valence-corrected chi connectivity index (χ0v) is 18.5. The van der Waals surface area contributed by atoms with Crippen LogP contribution in [0.15, 0.2) is 23.2 Å². The minimum absolute atomic E-state index is 0.0819. The molecule has 0 saturated heterocycles. The maximum Gasteiger partial charge on any atom is 0.192 e. The van der Waals surface area contributed by atoms with Gasteiger partial charge >= 0.3 is 0 Å². The van der Waals surface area contributed by atoms with Crippen molar-refractivity contribution in [1.82, 2.24) is 0 Å². The van der Waals surface area contributed by atoms with Crippen LogP contribution in [0.25, 0.3) is 0 Å². The number of hydrogen-bond donors (Lipinski definition) is 0. The molecule has 0 aliphatic heterocycles. The van der Waals surface area contributed by atoms with Crippen molar-refractivity contribution in [1.29, 1.82) is 0 Å². The van der Waals surface area contributed by atoms with Gasteiger partial charge < -0.3 is 4.43 Å². The van der Waals surface area contributed by atoms with Gasteiger partial charge in [-0.2, -0.15) is 0 Å². The topological polar surface area (TPSA) is 9.23 Å². The molecule has 21 heavy (non-hydrogen) atoms. The molecule has 120 valence electrons. The van der Waals surface area contributed by atoms with Crippen LogP contribution in [0.5, 0.6) is 0 Å². The summed E-state index contributed by atoms with van der Waals surface area (Å²) in [5, 5.41) is 0.219. The smallest absolute Gasteiger partial charge is 0.192 e. The summed E-state index contributed by atoms with van der Waals surface area (Å²) >= 11 is 3.29. The van der Waals surface area contributed by atoms with Crippen molar-refractivity contribution in [3.05, 3.63) is 23.2 Å². The van der Waals surface area contributed by atoms with Gasteiger partial charge in [-0.05, 0) is 23.1 Å². The highest BCUT2D eigenvalue weighted by Gasteiger charge is 2.38. The van der Waals surface area contributed by atoms with Crippen molar-refractivity contribution in [3.8, 4) is 11.5 Å². The van der Waals surface area contributed by atoms with Gasteiger partial charge in [0.25, 0.3) is 0 Å². The molecule has 4 heteroatoms. The SMILES string of the molecule is CC(C)(C)[Si](C)(C)O[C@@H](C=CC=CBr)CC#C[Si](C)(C)C. The van der Waals surface area contributed by atoms with E-state index in [2.05, 4.69) is 87.0 Å². The third-order valence-corrected chi connectivity index (χ3v) is 9.26. The first kappa shape index (κ1) is 20.9. The third-order valence-electron chi connectivity index (χ3n) is 3.53. The lowest BCUT2D eigenvalue weighted by Gasteiger charge is -2.38. The number of allylic oxidation sites excluding steroid dienone is 2. The molecule has 0 aromatic rings. The molecule has 0 fully saturated rings. The average molecular weight is 388 g/mol. The Labute approximate surface area is 142 Å². The largest absolute Gasteiger partial charge is 0.410 e. The van der Waals surface area contributed by atoms with E-state index in [1.807, 2.05) is 17.1 Å². The van der Waals surface area contributed by atoms with E-state index in [9.17, 15) is 0 Å². The molecule has 0 amide bonds. The molecular formula is C17H31BrOSi2. The Morgan fingerprint density at radius 3 is 2.10 bits per heavy atom. The van der Waals surface area contributed by atoms with E-state index in [0.717, 1.165) is 6.42 Å². The predicted molar refractivity (Wildman–Crippen MR) is 105 cm³/mol. The van der Waals surface area contributed by atoms with Crippen LogP contribution in [-0.2, 0) is 4.43 Å². The van der Waals surface area contributed by atoms with Crippen molar-refractivity contribution in [2.75, 3.05) is 0 Å². The minimum atomic E-state index is -1.77. The molecule has 0 radical (unpaired) electrons. The molecule has 0 N–H and O–H groups in total. The summed E-state index contributed by atoms with van der Waals surface area (Å²) in [6.45, 7) is 18.2. The monoisotopic (exact) mass is 386 g/mol. The van der Waals surface area contributed by atoms with Gasteiger partial charge in [0.2, 0.25) is 0 Å². The van der Waals surface area contributed by atoms with Crippen molar-refractivity contribution in [2.45, 2.75) is 71.1 Å². The second-order valence-electron chi connectivity index (χ2n) is 7.88. The maximum atomic E-state index is 6.48. The van der Waals surface area contributed by atoms with E-state index >= 15 is 0 Å². The quantitative estimate of drug-likeness (QED) is 0.314. The van der Waals surface area contributed by atoms with Crippen molar-refractivity contribution >= 4 is 32.3 Å². The van der Waals surface area contributed by atoms with E-state index in [0.29, 0.717) is 0 Å². The molecule has 0 heterocycles. The van der Waals surface area contributed by atoms with Crippen molar-refractivity contribution < 1.29 is 4.43 Å². The van der Waals surface area contributed by atoms with Gasteiger partial charge in [0, 0.05) is 6.42 Å². The van der Waals surface area contributed by atoms with Gasteiger partial charge in [-0.15, -0.1) is 11.5 Å². The lowest BCUT2D eigenvalue weighted by atomic mass is 10.2. The van der Waals surface area contributed by atoms with Gasteiger partial charge in [0.05, 0.1) is 6.10 Å². The molecule has 0 spiro atoms. The first-order chi connectivity index (χ1) is 9.39. The van der Waals surface area contributed by atoms with Crippen LogP contribution in [0.1, 0.15) is 27.2 Å². The van der Waals surface area contributed by atoms with Crippen LogP contribution in [0.2, 0.25) is 37.8 Å². The molecule has 1 nitrogen and oxygen atoms in total. The van der Waals surface area contributed by atoms with Crippen LogP contribution in [0.4, 0.5) is 0 Å². The number of rotatable bonds is 5. The Morgan fingerprint density at radius 2 is 1.67 bits per heavy atom. The highest BCUT2D eigenvalue weighted by molar-refractivity contribution is 9.11. The van der Waals surface area contributed by atoms with Crippen LogP contribution in [0, 0.1) is 11.5 Å². The summed E-state index contributed by atoms with van der Waals surface area (Å²) in [5.74, 6) is 3.35. The van der Waals surface area contributed by atoms with E-state index in [4.69, 9.17) is 4.43 Å². The fourth-order valence-corrected chi connectivity index (χ4v) is 3.43. The highest BCUT2D eigenvalue weighted by Crippen LogP contribution is 2.37. The van der Waals surface area contributed by atoms with E-state index in [1.54, 1.807) is 0 Å². The molecule has 1 atom stereocenters. The summed E-state index contributed by atoms with van der Waals surface area (Å²) in [7, 11) is -3.08. The van der Waals surface area contributed by atoms with Crippen molar-refractivity contribution in [2.24, 2.45) is 0 Å². The van der Waals surface area contributed by atoms with Crippen LogP contribution >= 0.6 is 15.9 Å². The number of hydrogen-bond acceptors (Lipinski definition) is 1. The van der Waals surface area contributed by atoms with Crippen molar-refractivity contribution in [3.63, 3.8) is 0 Å². The predicted octanol–water partition coefficient (Wildman–Crippen LogP) is 6.11. The Bertz CT molecular complexity index is 428. The Balaban J connectivity index is 5.02. The summed E-state index contributed by atoms with van der Waals surface area (Å²) in [6.07, 6.45) is 6.98. The van der Waals surface area contributed by atoms with E-state index in [1.165, 1.54) is 0 Å². The zero-order chi connectivity index (χ0) is 16.7. The average Bonchev–Trinajstić information content (AvgIpc) is 2.25. The first-order valence-electron chi connectivity index (χ1n) is 7.50. The third kappa shape index (κ3) is 9.52. The second kappa shape index (κ2) is 8.52. The summed E-state index contributed by atoms with van der Waals surface area (Å²) in [6, 6.07) is 0. The molecule has 0 bridgehead atoms. The van der Waals surface area contributed by atoms with Gasteiger partial charge in [-0.25, -0.2) is 0 Å². The molecule has 0 saturated carbocycles. The Hall–Kier alpha value is -0.0862. The van der Waals surface area contributed by atoms with E-state index < -0.39 is 16.4 Å². The molecule has 0 unspecified atom stereocenters.